The number of halogens is 3. The molecule has 1 aromatic rings. The van der Waals surface area contributed by atoms with Crippen molar-refractivity contribution in [1.29, 1.82) is 0 Å². The van der Waals surface area contributed by atoms with Crippen molar-refractivity contribution in [3.63, 3.8) is 0 Å². The van der Waals surface area contributed by atoms with E-state index in [9.17, 15) is 13.0 Å². The summed E-state index contributed by atoms with van der Waals surface area (Å²) in [5.41, 5.74) is -0.213. The van der Waals surface area contributed by atoms with E-state index in [1.54, 1.807) is 20.8 Å². The topological polar surface area (TPSA) is 29.1 Å². The summed E-state index contributed by atoms with van der Waals surface area (Å²) < 4.78 is 42.2. The zero-order chi connectivity index (χ0) is 15.5. The van der Waals surface area contributed by atoms with Crippen LogP contribution in [0.25, 0.3) is 0 Å². The monoisotopic (exact) mass is 321 g/mol. The lowest BCUT2D eigenvalue weighted by atomic mass is 10.0. The molecule has 2 atom stereocenters. The lowest BCUT2D eigenvalue weighted by Gasteiger charge is -2.24. The molecule has 0 unspecified atom stereocenters. The van der Waals surface area contributed by atoms with Gasteiger partial charge in [-0.3, -0.25) is 0 Å². The van der Waals surface area contributed by atoms with Gasteiger partial charge in [0.15, 0.2) is 0 Å². The highest BCUT2D eigenvalue weighted by Gasteiger charge is 2.27. The van der Waals surface area contributed by atoms with Gasteiger partial charge in [0, 0.05) is 5.56 Å². The van der Waals surface area contributed by atoms with Crippen molar-refractivity contribution in [2.75, 3.05) is 0 Å². The van der Waals surface area contributed by atoms with Crippen LogP contribution in [0.2, 0.25) is 5.02 Å². The maximum Gasteiger partial charge on any atom is 0.149 e. The number of nitrogens with one attached hydrogen (secondary N) is 1. The first-order valence-corrected chi connectivity index (χ1v) is 7.63. The van der Waals surface area contributed by atoms with Gasteiger partial charge in [0.1, 0.15) is 11.6 Å². The molecule has 1 N–H and O–H groups in total. The van der Waals surface area contributed by atoms with Crippen molar-refractivity contribution >= 4 is 22.6 Å². The Kier molecular flexibility index (Phi) is 5.86. The van der Waals surface area contributed by atoms with Gasteiger partial charge in [-0.1, -0.05) is 17.7 Å². The van der Waals surface area contributed by atoms with Crippen LogP contribution in [0.5, 0.6) is 0 Å². The third-order valence-electron chi connectivity index (χ3n) is 2.64. The molecule has 0 fully saturated rings. The van der Waals surface area contributed by atoms with Gasteiger partial charge < -0.3 is 0 Å². The second-order valence-corrected chi connectivity index (χ2v) is 7.74. The molecule has 20 heavy (non-hydrogen) atoms. The van der Waals surface area contributed by atoms with Gasteiger partial charge in [0.05, 0.1) is 26.8 Å². The summed E-state index contributed by atoms with van der Waals surface area (Å²) in [6.45, 7) is 8.87. The van der Waals surface area contributed by atoms with Crippen LogP contribution in [0.15, 0.2) is 24.8 Å². The predicted octanol–water partition coefficient (Wildman–Crippen LogP) is 4.29. The highest BCUT2D eigenvalue weighted by Crippen LogP contribution is 2.29. The van der Waals surface area contributed by atoms with Gasteiger partial charge in [0.2, 0.25) is 0 Å². The van der Waals surface area contributed by atoms with E-state index in [2.05, 4.69) is 11.3 Å². The molecule has 0 aliphatic rings. The molecule has 1 aromatic carbocycles. The van der Waals surface area contributed by atoms with Crippen LogP contribution in [-0.4, -0.2) is 8.96 Å². The molecular weight excluding hydrogens is 304 g/mol. The lowest BCUT2D eigenvalue weighted by Crippen LogP contribution is -2.36. The summed E-state index contributed by atoms with van der Waals surface area (Å²) in [5, 5.41) is -0.168. The predicted molar refractivity (Wildman–Crippen MR) is 80.0 cm³/mol. The Morgan fingerprint density at radius 1 is 1.45 bits per heavy atom. The normalized spacial score (nSPS) is 14.9. The average Bonchev–Trinajstić information content (AvgIpc) is 2.33. The Morgan fingerprint density at radius 3 is 2.55 bits per heavy atom. The number of rotatable bonds is 5. The van der Waals surface area contributed by atoms with Gasteiger partial charge >= 0.3 is 0 Å². The van der Waals surface area contributed by atoms with Gasteiger partial charge in [-0.2, -0.15) is 0 Å². The van der Waals surface area contributed by atoms with Crippen LogP contribution in [0.4, 0.5) is 8.78 Å². The van der Waals surface area contributed by atoms with Crippen LogP contribution < -0.4 is 4.72 Å². The summed E-state index contributed by atoms with van der Waals surface area (Å²) in [5.74, 6) is -1.56. The molecular formula is C14H18ClF2NOS. The van der Waals surface area contributed by atoms with Crippen LogP contribution in [0, 0.1) is 11.6 Å². The van der Waals surface area contributed by atoms with Crippen LogP contribution in [0.1, 0.15) is 38.8 Å². The SMILES string of the molecule is C=CC[C@H](N[S@@](=O)C(C)(C)C)c1c(F)ccc(Cl)c1F. The molecule has 0 heterocycles. The van der Waals surface area contributed by atoms with Crippen LogP contribution >= 0.6 is 11.6 Å². The van der Waals surface area contributed by atoms with Gasteiger partial charge in [-0.05, 0) is 39.3 Å². The largest absolute Gasteiger partial charge is 0.242 e. The highest BCUT2D eigenvalue weighted by atomic mass is 35.5. The standard InChI is InChI=1S/C14H18ClF2NOS/c1-5-6-11(18-20(19)14(2,3)4)12-10(16)8-7-9(15)13(12)17/h5,7-8,11,18H,1,6H2,2-4H3/t11-,20-/m0/s1. The van der Waals surface area contributed by atoms with E-state index < -0.39 is 33.4 Å². The molecule has 0 amide bonds. The summed E-state index contributed by atoms with van der Waals surface area (Å²) in [7, 11) is -1.47. The molecule has 0 spiro atoms. The number of hydrogen-bond donors (Lipinski definition) is 1. The maximum absolute atomic E-state index is 14.0. The molecule has 2 nitrogen and oxygen atoms in total. The Hall–Kier alpha value is -0.780. The second-order valence-electron chi connectivity index (χ2n) is 5.33. The fourth-order valence-corrected chi connectivity index (χ4v) is 2.55. The minimum atomic E-state index is -1.47. The Labute approximate surface area is 125 Å². The van der Waals surface area contributed by atoms with Crippen molar-refractivity contribution < 1.29 is 13.0 Å². The van der Waals surface area contributed by atoms with Crippen molar-refractivity contribution in [1.82, 2.24) is 4.72 Å². The number of hydrogen-bond acceptors (Lipinski definition) is 1. The average molecular weight is 322 g/mol. The Balaban J connectivity index is 3.18. The van der Waals surface area contributed by atoms with E-state index in [0.717, 1.165) is 12.1 Å². The third kappa shape index (κ3) is 4.11. The van der Waals surface area contributed by atoms with Crippen molar-refractivity contribution in [2.45, 2.75) is 38.0 Å². The molecule has 0 saturated carbocycles. The maximum atomic E-state index is 14.0. The van der Waals surface area contributed by atoms with Gasteiger partial charge in [-0.25, -0.2) is 17.7 Å². The summed E-state index contributed by atoms with van der Waals surface area (Å²) in [6, 6.07) is 1.46. The second kappa shape index (κ2) is 6.78. The lowest BCUT2D eigenvalue weighted by molar-refractivity contribution is 0.509. The Morgan fingerprint density at radius 2 is 2.05 bits per heavy atom. The first-order chi connectivity index (χ1) is 9.18. The van der Waals surface area contributed by atoms with E-state index in [0.29, 0.717) is 0 Å². The van der Waals surface area contributed by atoms with E-state index >= 15 is 0 Å². The summed E-state index contributed by atoms with van der Waals surface area (Å²) in [6.07, 6.45) is 1.74. The van der Waals surface area contributed by atoms with Crippen molar-refractivity contribution in [3.8, 4) is 0 Å². The third-order valence-corrected chi connectivity index (χ3v) is 4.54. The molecule has 0 bridgehead atoms. The number of benzene rings is 1. The Bertz CT molecular complexity index is 529. The minimum absolute atomic E-state index is 0.168. The van der Waals surface area contributed by atoms with E-state index in [1.165, 1.54) is 6.08 Å². The zero-order valence-electron chi connectivity index (χ0n) is 11.7. The fourth-order valence-electron chi connectivity index (χ4n) is 1.56. The van der Waals surface area contributed by atoms with Gasteiger partial charge in [-0.15, -0.1) is 6.58 Å². The molecule has 0 radical (unpaired) electrons. The van der Waals surface area contributed by atoms with Crippen LogP contribution in [-0.2, 0) is 11.0 Å². The first-order valence-electron chi connectivity index (χ1n) is 6.10. The zero-order valence-corrected chi connectivity index (χ0v) is 13.2. The summed E-state index contributed by atoms with van der Waals surface area (Å²) in [4.78, 5) is 0. The summed E-state index contributed by atoms with van der Waals surface area (Å²) >= 11 is 5.69. The van der Waals surface area contributed by atoms with E-state index in [4.69, 9.17) is 11.6 Å². The molecule has 112 valence electrons. The minimum Gasteiger partial charge on any atom is -0.242 e. The smallest absolute Gasteiger partial charge is 0.149 e. The molecule has 0 aliphatic carbocycles. The molecule has 0 aliphatic heterocycles. The quantitative estimate of drug-likeness (QED) is 0.636. The van der Waals surface area contributed by atoms with E-state index in [-0.39, 0.29) is 17.0 Å². The van der Waals surface area contributed by atoms with Gasteiger partial charge in [0.25, 0.3) is 0 Å². The first kappa shape index (κ1) is 17.3. The van der Waals surface area contributed by atoms with E-state index in [1.807, 2.05) is 0 Å². The van der Waals surface area contributed by atoms with Crippen molar-refractivity contribution in [3.05, 3.63) is 47.0 Å². The van der Waals surface area contributed by atoms with Crippen molar-refractivity contribution in [2.24, 2.45) is 0 Å². The highest BCUT2D eigenvalue weighted by molar-refractivity contribution is 7.84. The fraction of sp³-hybridized carbons (Fsp3) is 0.429. The van der Waals surface area contributed by atoms with Crippen LogP contribution in [0.3, 0.4) is 0 Å². The molecule has 6 heteroatoms. The molecule has 1 rings (SSSR count). The molecule has 0 saturated heterocycles. The molecule has 0 aromatic heterocycles.